The molecular formula is C15H9Cl3N4O4. The topological polar surface area (TPSA) is 114 Å². The Balaban J connectivity index is 2.00. The molecule has 0 aliphatic rings. The van der Waals surface area contributed by atoms with Crippen LogP contribution < -0.4 is 10.7 Å². The molecule has 0 aromatic heterocycles. The van der Waals surface area contributed by atoms with Crippen molar-refractivity contribution in [3.63, 3.8) is 0 Å². The quantitative estimate of drug-likeness (QED) is 0.343. The van der Waals surface area contributed by atoms with Crippen molar-refractivity contribution in [2.75, 3.05) is 5.32 Å². The molecule has 0 unspecified atom stereocenters. The molecule has 0 spiro atoms. The molecule has 2 aromatic rings. The second-order valence-electron chi connectivity index (χ2n) is 4.75. The molecule has 26 heavy (non-hydrogen) atoms. The molecule has 2 N–H and O–H groups in total. The highest BCUT2D eigenvalue weighted by Gasteiger charge is 2.14. The van der Waals surface area contributed by atoms with Crippen molar-refractivity contribution < 1.29 is 14.5 Å². The number of rotatable bonds is 4. The zero-order valence-electron chi connectivity index (χ0n) is 12.7. The summed E-state index contributed by atoms with van der Waals surface area (Å²) in [4.78, 5) is 33.6. The number of hydrogen-bond donors (Lipinski definition) is 2. The number of non-ortho nitro benzene ring substituents is 1. The fraction of sp³-hybridized carbons (Fsp3) is 0. The summed E-state index contributed by atoms with van der Waals surface area (Å²) in [6, 6.07) is 8.02. The van der Waals surface area contributed by atoms with Gasteiger partial charge in [0.1, 0.15) is 0 Å². The van der Waals surface area contributed by atoms with Gasteiger partial charge in [-0.1, -0.05) is 34.8 Å². The monoisotopic (exact) mass is 414 g/mol. The zero-order valence-corrected chi connectivity index (χ0v) is 15.0. The average Bonchev–Trinajstić information content (AvgIpc) is 2.59. The lowest BCUT2D eigenvalue weighted by molar-refractivity contribution is -0.384. The van der Waals surface area contributed by atoms with E-state index < -0.39 is 16.7 Å². The van der Waals surface area contributed by atoms with E-state index >= 15 is 0 Å². The lowest BCUT2D eigenvalue weighted by atomic mass is 10.2. The summed E-state index contributed by atoms with van der Waals surface area (Å²) in [6.07, 6.45) is 1.08. The summed E-state index contributed by atoms with van der Waals surface area (Å²) in [6.45, 7) is 0. The van der Waals surface area contributed by atoms with E-state index in [0.717, 1.165) is 6.21 Å². The van der Waals surface area contributed by atoms with Crippen LogP contribution in [-0.2, 0) is 9.59 Å². The Hall–Kier alpha value is -2.68. The molecule has 0 radical (unpaired) electrons. The third-order valence-electron chi connectivity index (χ3n) is 2.94. The van der Waals surface area contributed by atoms with Crippen LogP contribution in [0.4, 0.5) is 11.4 Å². The second-order valence-corrected chi connectivity index (χ2v) is 5.97. The Kier molecular flexibility index (Phi) is 6.51. The Morgan fingerprint density at radius 1 is 1.00 bits per heavy atom. The first-order chi connectivity index (χ1) is 12.3. The molecular weight excluding hydrogens is 407 g/mol. The van der Waals surface area contributed by atoms with Gasteiger partial charge in [-0.15, -0.1) is 0 Å². The molecule has 2 rings (SSSR count). The lowest BCUT2D eigenvalue weighted by Crippen LogP contribution is -2.32. The molecule has 0 aliphatic heterocycles. The summed E-state index contributed by atoms with van der Waals surface area (Å²) >= 11 is 17.4. The van der Waals surface area contributed by atoms with Crippen molar-refractivity contribution in [3.05, 3.63) is 67.1 Å². The summed E-state index contributed by atoms with van der Waals surface area (Å²) in [5.74, 6) is -2.06. The summed E-state index contributed by atoms with van der Waals surface area (Å²) < 4.78 is 0. The van der Waals surface area contributed by atoms with Gasteiger partial charge in [-0.2, -0.15) is 5.10 Å². The Morgan fingerprint density at radius 2 is 1.69 bits per heavy atom. The Bertz CT molecular complexity index is 918. The number of hydrazone groups is 1. The number of nitrogens with zero attached hydrogens (tertiary/aromatic N) is 2. The predicted octanol–water partition coefficient (Wildman–Crippen LogP) is 3.64. The van der Waals surface area contributed by atoms with Crippen molar-refractivity contribution in [2.45, 2.75) is 0 Å². The standard InChI is InChI=1S/C15H9Cl3N4O4/c16-11-4-2-10(22(25)26)5-8(11)7-19-21-15(24)14(23)20-9-1-3-12(17)13(18)6-9/h1-7H,(H,20,23)(H,21,24). The van der Waals surface area contributed by atoms with E-state index in [1.807, 2.05) is 5.43 Å². The number of hydrogen-bond acceptors (Lipinski definition) is 5. The molecule has 0 saturated carbocycles. The minimum absolute atomic E-state index is 0.189. The van der Waals surface area contributed by atoms with Crippen LogP contribution in [-0.4, -0.2) is 23.0 Å². The van der Waals surface area contributed by atoms with E-state index in [-0.39, 0.29) is 27.0 Å². The van der Waals surface area contributed by atoms with Crippen LogP contribution in [0, 0.1) is 10.1 Å². The zero-order chi connectivity index (χ0) is 19.3. The van der Waals surface area contributed by atoms with Crippen LogP contribution in [0.25, 0.3) is 0 Å². The first-order valence-corrected chi connectivity index (χ1v) is 7.94. The molecule has 0 saturated heterocycles. The van der Waals surface area contributed by atoms with Gasteiger partial charge >= 0.3 is 11.8 Å². The maximum absolute atomic E-state index is 11.8. The summed E-state index contributed by atoms with van der Waals surface area (Å²) in [7, 11) is 0. The van der Waals surface area contributed by atoms with Gasteiger partial charge in [0.2, 0.25) is 0 Å². The third kappa shape index (κ3) is 5.16. The molecule has 11 heteroatoms. The van der Waals surface area contributed by atoms with Crippen molar-refractivity contribution in [3.8, 4) is 0 Å². The number of nitro benzene ring substituents is 1. The van der Waals surface area contributed by atoms with Crippen LogP contribution in [0.1, 0.15) is 5.56 Å². The first kappa shape index (κ1) is 19.6. The molecule has 134 valence electrons. The third-order valence-corrected chi connectivity index (χ3v) is 4.03. The minimum Gasteiger partial charge on any atom is -0.318 e. The van der Waals surface area contributed by atoms with E-state index in [2.05, 4.69) is 10.4 Å². The largest absolute Gasteiger partial charge is 0.329 e. The van der Waals surface area contributed by atoms with Gasteiger partial charge in [0.25, 0.3) is 5.69 Å². The maximum atomic E-state index is 11.8. The SMILES string of the molecule is O=C(NN=Cc1cc([N+](=O)[O-])ccc1Cl)C(=O)Nc1ccc(Cl)c(Cl)c1. The van der Waals surface area contributed by atoms with Gasteiger partial charge in [-0.05, 0) is 24.3 Å². The second kappa shape index (κ2) is 8.61. The molecule has 0 fully saturated rings. The number of nitrogens with one attached hydrogen (secondary N) is 2. The first-order valence-electron chi connectivity index (χ1n) is 6.81. The van der Waals surface area contributed by atoms with E-state index in [1.165, 1.54) is 36.4 Å². The molecule has 2 amide bonds. The fourth-order valence-electron chi connectivity index (χ4n) is 1.72. The predicted molar refractivity (Wildman–Crippen MR) is 98.9 cm³/mol. The smallest absolute Gasteiger partial charge is 0.318 e. The van der Waals surface area contributed by atoms with Gasteiger partial charge in [-0.25, -0.2) is 5.43 Å². The number of carbonyl (C=O) groups is 2. The minimum atomic E-state index is -1.06. The van der Waals surface area contributed by atoms with Crippen LogP contribution in [0.15, 0.2) is 41.5 Å². The fourth-order valence-corrected chi connectivity index (χ4v) is 2.18. The molecule has 0 aliphatic carbocycles. The normalized spacial score (nSPS) is 10.6. The van der Waals surface area contributed by atoms with Crippen molar-refractivity contribution >= 4 is 64.2 Å². The highest BCUT2D eigenvalue weighted by Crippen LogP contribution is 2.25. The van der Waals surface area contributed by atoms with Crippen molar-refractivity contribution in [1.29, 1.82) is 0 Å². The summed E-state index contributed by atoms with van der Waals surface area (Å²) in [5, 5.41) is 17.3. The molecule has 0 heterocycles. The lowest BCUT2D eigenvalue weighted by Gasteiger charge is -2.05. The number of amides is 2. The number of benzene rings is 2. The van der Waals surface area contributed by atoms with Gasteiger partial charge in [0.15, 0.2) is 0 Å². The summed E-state index contributed by atoms with van der Waals surface area (Å²) in [5.41, 5.74) is 2.26. The van der Waals surface area contributed by atoms with E-state index in [9.17, 15) is 19.7 Å². The highest BCUT2D eigenvalue weighted by molar-refractivity contribution is 6.43. The Morgan fingerprint density at radius 3 is 2.35 bits per heavy atom. The highest BCUT2D eigenvalue weighted by atomic mass is 35.5. The molecule has 8 nitrogen and oxygen atoms in total. The molecule has 0 bridgehead atoms. The van der Waals surface area contributed by atoms with Crippen LogP contribution in [0.2, 0.25) is 15.1 Å². The number of carbonyl (C=O) groups excluding carboxylic acids is 2. The Labute approximate surface area is 161 Å². The van der Waals surface area contributed by atoms with Crippen LogP contribution >= 0.6 is 34.8 Å². The van der Waals surface area contributed by atoms with Gasteiger partial charge in [-0.3, -0.25) is 19.7 Å². The average molecular weight is 416 g/mol. The molecule has 2 aromatic carbocycles. The molecule has 0 atom stereocenters. The van der Waals surface area contributed by atoms with Crippen LogP contribution in [0.3, 0.4) is 0 Å². The van der Waals surface area contributed by atoms with Gasteiger partial charge in [0, 0.05) is 28.4 Å². The van der Waals surface area contributed by atoms with E-state index in [1.54, 1.807) is 0 Å². The van der Waals surface area contributed by atoms with E-state index in [0.29, 0.717) is 5.02 Å². The van der Waals surface area contributed by atoms with Crippen molar-refractivity contribution in [2.24, 2.45) is 5.10 Å². The number of nitro groups is 1. The van der Waals surface area contributed by atoms with Gasteiger partial charge in [0.05, 0.1) is 21.2 Å². The van der Waals surface area contributed by atoms with Crippen molar-refractivity contribution in [1.82, 2.24) is 5.43 Å². The number of halogens is 3. The number of anilines is 1. The maximum Gasteiger partial charge on any atom is 0.329 e. The van der Waals surface area contributed by atoms with Crippen LogP contribution in [0.5, 0.6) is 0 Å². The van der Waals surface area contributed by atoms with Gasteiger partial charge < -0.3 is 5.32 Å². The van der Waals surface area contributed by atoms with E-state index in [4.69, 9.17) is 34.8 Å².